The van der Waals surface area contributed by atoms with Crippen LogP contribution in [0.5, 0.6) is 0 Å². The Labute approximate surface area is 134 Å². The highest BCUT2D eigenvalue weighted by Gasteiger charge is 2.41. The maximum Gasteiger partial charge on any atom is 0.407 e. The van der Waals surface area contributed by atoms with Gasteiger partial charge in [-0.05, 0) is 36.7 Å². The molecule has 1 amide bonds. The first-order chi connectivity index (χ1) is 11.1. The zero-order valence-corrected chi connectivity index (χ0v) is 13.2. The Hall–Kier alpha value is -2.31. The molecule has 1 atom stereocenters. The SMILES string of the molecule is CC1(c2c[nH]c3ncnc(N[C@@H]4CCCN(C(=O)O)C4)c23)CC1. The van der Waals surface area contributed by atoms with Gasteiger partial charge in [-0.3, -0.25) is 0 Å². The number of carbonyl (C=O) groups is 1. The van der Waals surface area contributed by atoms with Crippen molar-refractivity contribution >= 4 is 22.9 Å². The largest absolute Gasteiger partial charge is 0.465 e. The number of carboxylic acid groups (broad SMARTS) is 1. The molecule has 1 aliphatic heterocycles. The van der Waals surface area contributed by atoms with Crippen molar-refractivity contribution in [1.29, 1.82) is 0 Å². The van der Waals surface area contributed by atoms with E-state index in [0.717, 1.165) is 29.7 Å². The van der Waals surface area contributed by atoms with Crippen LogP contribution in [-0.2, 0) is 5.41 Å². The smallest absolute Gasteiger partial charge is 0.407 e. The van der Waals surface area contributed by atoms with E-state index in [1.54, 1.807) is 6.33 Å². The maximum atomic E-state index is 11.2. The van der Waals surface area contributed by atoms with Crippen molar-refractivity contribution in [2.45, 2.75) is 44.1 Å². The van der Waals surface area contributed by atoms with Gasteiger partial charge in [-0.15, -0.1) is 0 Å². The number of rotatable bonds is 3. The topological polar surface area (TPSA) is 94.1 Å². The second-order valence-electron chi connectivity index (χ2n) is 6.92. The van der Waals surface area contributed by atoms with Gasteiger partial charge in [0.05, 0.1) is 5.39 Å². The molecular weight excluding hydrogens is 294 g/mol. The van der Waals surface area contributed by atoms with Crippen LogP contribution in [0.3, 0.4) is 0 Å². The normalized spacial score (nSPS) is 23.0. The number of nitrogens with zero attached hydrogens (tertiary/aromatic N) is 3. The van der Waals surface area contributed by atoms with Crippen molar-refractivity contribution in [2.75, 3.05) is 18.4 Å². The monoisotopic (exact) mass is 315 g/mol. The Balaban J connectivity index is 1.64. The van der Waals surface area contributed by atoms with Crippen molar-refractivity contribution in [3.63, 3.8) is 0 Å². The van der Waals surface area contributed by atoms with E-state index >= 15 is 0 Å². The van der Waals surface area contributed by atoms with Crippen LogP contribution in [0.2, 0.25) is 0 Å². The Bertz CT molecular complexity index is 752. The fourth-order valence-corrected chi connectivity index (χ4v) is 3.47. The van der Waals surface area contributed by atoms with Gasteiger partial charge in [-0.2, -0.15) is 0 Å². The molecule has 7 nitrogen and oxygen atoms in total. The lowest BCUT2D eigenvalue weighted by atomic mass is 9.98. The lowest BCUT2D eigenvalue weighted by Crippen LogP contribution is -2.44. The molecule has 23 heavy (non-hydrogen) atoms. The minimum Gasteiger partial charge on any atom is -0.465 e. The summed E-state index contributed by atoms with van der Waals surface area (Å²) in [5, 5.41) is 13.7. The predicted octanol–water partition coefficient (Wildman–Crippen LogP) is 2.56. The third kappa shape index (κ3) is 2.50. The molecule has 0 radical (unpaired) electrons. The molecule has 0 spiro atoms. The number of aromatic nitrogens is 3. The molecule has 0 bridgehead atoms. The number of hydrogen-bond donors (Lipinski definition) is 3. The summed E-state index contributed by atoms with van der Waals surface area (Å²) in [7, 11) is 0. The fourth-order valence-electron chi connectivity index (χ4n) is 3.47. The summed E-state index contributed by atoms with van der Waals surface area (Å²) >= 11 is 0. The second kappa shape index (κ2) is 5.11. The lowest BCUT2D eigenvalue weighted by molar-refractivity contribution is 0.133. The molecule has 122 valence electrons. The quantitative estimate of drug-likeness (QED) is 0.809. The molecule has 2 aliphatic rings. The summed E-state index contributed by atoms with van der Waals surface area (Å²) < 4.78 is 0. The van der Waals surface area contributed by atoms with Crippen LogP contribution < -0.4 is 5.32 Å². The van der Waals surface area contributed by atoms with Gasteiger partial charge in [0, 0.05) is 25.3 Å². The average molecular weight is 315 g/mol. The minimum atomic E-state index is -0.850. The van der Waals surface area contributed by atoms with E-state index in [4.69, 9.17) is 0 Å². The van der Waals surface area contributed by atoms with Crippen molar-refractivity contribution in [3.8, 4) is 0 Å². The molecule has 2 fully saturated rings. The van der Waals surface area contributed by atoms with Gasteiger partial charge in [-0.1, -0.05) is 6.92 Å². The number of piperidine rings is 1. The standard InChI is InChI=1S/C16H21N5O2/c1-16(4-5-16)11-7-17-13-12(11)14(19-9-18-13)20-10-3-2-6-21(8-10)15(22)23/h7,9-10H,2-6,8H2,1H3,(H,22,23)(H2,17,18,19,20)/t10-/m1/s1. The van der Waals surface area contributed by atoms with Gasteiger partial charge in [0.2, 0.25) is 0 Å². The number of H-pyrrole nitrogens is 1. The van der Waals surface area contributed by atoms with Crippen molar-refractivity contribution in [3.05, 3.63) is 18.1 Å². The first-order valence-electron chi connectivity index (χ1n) is 8.14. The van der Waals surface area contributed by atoms with Crippen LogP contribution in [0.4, 0.5) is 10.6 Å². The average Bonchev–Trinajstić information content (AvgIpc) is 3.12. The maximum absolute atomic E-state index is 11.2. The van der Waals surface area contributed by atoms with E-state index in [9.17, 15) is 9.90 Å². The third-order valence-corrected chi connectivity index (χ3v) is 5.15. The van der Waals surface area contributed by atoms with Gasteiger partial charge in [0.1, 0.15) is 17.8 Å². The first kappa shape index (κ1) is 14.3. The van der Waals surface area contributed by atoms with E-state index in [2.05, 4.69) is 27.2 Å². The number of anilines is 1. The minimum absolute atomic E-state index is 0.0905. The Kier molecular flexibility index (Phi) is 3.18. The molecule has 3 N–H and O–H groups in total. The summed E-state index contributed by atoms with van der Waals surface area (Å²) in [6.07, 6.45) is 6.94. The number of amides is 1. The highest BCUT2D eigenvalue weighted by molar-refractivity contribution is 5.91. The summed E-state index contributed by atoms with van der Waals surface area (Å²) in [6, 6.07) is 0.0905. The Morgan fingerprint density at radius 3 is 3.04 bits per heavy atom. The van der Waals surface area contributed by atoms with Crippen LogP contribution in [0.15, 0.2) is 12.5 Å². The number of likely N-dealkylation sites (tertiary alicyclic amines) is 1. The third-order valence-electron chi connectivity index (χ3n) is 5.15. The molecule has 0 unspecified atom stereocenters. The summed E-state index contributed by atoms with van der Waals surface area (Å²) in [5.74, 6) is 0.816. The van der Waals surface area contributed by atoms with Crippen LogP contribution >= 0.6 is 0 Å². The number of aromatic amines is 1. The van der Waals surface area contributed by atoms with Crippen LogP contribution in [-0.4, -0.2) is 50.2 Å². The molecule has 7 heteroatoms. The van der Waals surface area contributed by atoms with E-state index < -0.39 is 6.09 Å². The molecule has 2 aromatic rings. The van der Waals surface area contributed by atoms with Gasteiger partial charge < -0.3 is 20.3 Å². The fraction of sp³-hybridized carbons (Fsp3) is 0.562. The molecule has 0 aromatic carbocycles. The summed E-state index contributed by atoms with van der Waals surface area (Å²) in [6.45, 7) is 3.37. The Morgan fingerprint density at radius 2 is 2.30 bits per heavy atom. The molecule has 1 saturated carbocycles. The molecule has 1 aliphatic carbocycles. The number of fused-ring (bicyclic) bond motifs is 1. The van der Waals surface area contributed by atoms with Crippen LogP contribution in [0, 0.1) is 0 Å². The van der Waals surface area contributed by atoms with Crippen molar-refractivity contribution in [2.24, 2.45) is 0 Å². The van der Waals surface area contributed by atoms with Crippen molar-refractivity contribution < 1.29 is 9.90 Å². The lowest BCUT2D eigenvalue weighted by Gasteiger charge is -2.31. The van der Waals surface area contributed by atoms with Gasteiger partial charge in [0.15, 0.2) is 0 Å². The number of nitrogens with one attached hydrogen (secondary N) is 2. The zero-order chi connectivity index (χ0) is 16.0. The molecular formula is C16H21N5O2. The highest BCUT2D eigenvalue weighted by Crippen LogP contribution is 2.50. The molecule has 2 aromatic heterocycles. The molecule has 4 rings (SSSR count). The number of hydrogen-bond acceptors (Lipinski definition) is 4. The van der Waals surface area contributed by atoms with Gasteiger partial charge >= 0.3 is 6.09 Å². The summed E-state index contributed by atoms with van der Waals surface area (Å²) in [4.78, 5) is 24.7. The highest BCUT2D eigenvalue weighted by atomic mass is 16.4. The zero-order valence-electron chi connectivity index (χ0n) is 13.2. The van der Waals surface area contributed by atoms with Crippen molar-refractivity contribution in [1.82, 2.24) is 19.9 Å². The van der Waals surface area contributed by atoms with Gasteiger partial charge in [-0.25, -0.2) is 14.8 Å². The van der Waals surface area contributed by atoms with Crippen LogP contribution in [0.1, 0.15) is 38.2 Å². The molecule has 3 heterocycles. The Morgan fingerprint density at radius 1 is 1.48 bits per heavy atom. The summed E-state index contributed by atoms with van der Waals surface area (Å²) in [5.41, 5.74) is 2.33. The predicted molar refractivity (Wildman–Crippen MR) is 86.7 cm³/mol. The van der Waals surface area contributed by atoms with Crippen LogP contribution in [0.25, 0.3) is 11.0 Å². The van der Waals surface area contributed by atoms with Gasteiger partial charge in [0.25, 0.3) is 0 Å². The van der Waals surface area contributed by atoms with E-state index in [-0.39, 0.29) is 11.5 Å². The first-order valence-corrected chi connectivity index (χ1v) is 8.14. The second-order valence-corrected chi connectivity index (χ2v) is 6.92. The van der Waals surface area contributed by atoms with E-state index in [1.165, 1.54) is 23.3 Å². The van der Waals surface area contributed by atoms with E-state index in [0.29, 0.717) is 13.1 Å². The molecule has 1 saturated heterocycles. The van der Waals surface area contributed by atoms with E-state index in [1.807, 2.05) is 6.20 Å².